The minimum Gasteiger partial charge on any atom is -0.397 e. The van der Waals surface area contributed by atoms with Crippen LogP contribution in [-0.2, 0) is 8.85 Å². The summed E-state index contributed by atoms with van der Waals surface area (Å²) in [6.07, 6.45) is 0. The molecular weight excluding hydrogens is 252 g/mol. The maximum Gasteiger partial charge on any atom is 0.355 e. The molecule has 98 valence electrons. The van der Waals surface area contributed by atoms with E-state index in [0.29, 0.717) is 0 Å². The molecule has 0 fully saturated rings. The highest BCUT2D eigenvalue weighted by Gasteiger charge is 2.13. The fraction of sp³-hybridized carbons (Fsp3) is 0.125. The Bertz CT molecular complexity index is 530. The predicted molar refractivity (Wildman–Crippen MR) is 81.8 cm³/mol. The van der Waals surface area contributed by atoms with Crippen LogP contribution in [-0.4, -0.2) is 23.5 Å². The highest BCUT2D eigenvalue weighted by molar-refractivity contribution is 6.61. The van der Waals surface area contributed by atoms with Crippen molar-refractivity contribution in [3.05, 3.63) is 72.3 Å². The first-order valence-corrected chi connectivity index (χ1v) is 7.68. The van der Waals surface area contributed by atoms with Crippen molar-refractivity contribution in [2.75, 3.05) is 14.2 Å². The van der Waals surface area contributed by atoms with Gasteiger partial charge in [-0.15, -0.1) is 0 Å². The Hall–Kier alpha value is -1.68. The summed E-state index contributed by atoms with van der Waals surface area (Å²) < 4.78 is 10.7. The van der Waals surface area contributed by atoms with Gasteiger partial charge in [0.15, 0.2) is 0 Å². The van der Waals surface area contributed by atoms with Crippen LogP contribution in [0.15, 0.2) is 61.2 Å². The van der Waals surface area contributed by atoms with Crippen LogP contribution in [0.5, 0.6) is 0 Å². The minimum atomic E-state index is -1.71. The third-order valence-corrected chi connectivity index (χ3v) is 4.87. The van der Waals surface area contributed by atoms with E-state index < -0.39 is 9.28 Å². The Labute approximate surface area is 116 Å². The van der Waals surface area contributed by atoms with Gasteiger partial charge in [0.25, 0.3) is 0 Å². The predicted octanol–water partition coefficient (Wildman–Crippen LogP) is 2.47. The monoisotopic (exact) mass is 270 g/mol. The fourth-order valence-corrected chi connectivity index (χ4v) is 3.26. The van der Waals surface area contributed by atoms with Gasteiger partial charge in [0.1, 0.15) is 0 Å². The molecule has 2 rings (SSSR count). The summed E-state index contributed by atoms with van der Waals surface area (Å²) in [4.78, 5) is 0. The van der Waals surface area contributed by atoms with Crippen molar-refractivity contribution in [2.24, 2.45) is 0 Å². The Balaban J connectivity index is 2.21. The quantitative estimate of drug-likeness (QED) is 0.777. The molecule has 0 unspecified atom stereocenters. The third kappa shape index (κ3) is 3.20. The fourth-order valence-electron chi connectivity index (χ4n) is 2.02. The molecule has 0 N–H and O–H groups in total. The zero-order chi connectivity index (χ0) is 13.7. The lowest BCUT2D eigenvalue weighted by Gasteiger charge is -2.12. The average Bonchev–Trinajstić information content (AvgIpc) is 2.49. The molecule has 19 heavy (non-hydrogen) atoms. The van der Waals surface area contributed by atoms with Crippen molar-refractivity contribution in [1.29, 1.82) is 0 Å². The van der Waals surface area contributed by atoms with E-state index in [-0.39, 0.29) is 0 Å². The summed E-state index contributed by atoms with van der Waals surface area (Å²) in [5.41, 5.74) is 3.29. The highest BCUT2D eigenvalue weighted by Crippen LogP contribution is 2.20. The van der Waals surface area contributed by atoms with Crippen molar-refractivity contribution in [1.82, 2.24) is 0 Å². The van der Waals surface area contributed by atoms with E-state index in [1.165, 1.54) is 0 Å². The lowest BCUT2D eigenvalue weighted by atomic mass is 10.00. The van der Waals surface area contributed by atoms with E-state index in [2.05, 4.69) is 43.0 Å². The second-order valence-corrected chi connectivity index (χ2v) is 6.54. The zero-order valence-electron chi connectivity index (χ0n) is 11.3. The van der Waals surface area contributed by atoms with Gasteiger partial charge >= 0.3 is 9.28 Å². The molecule has 0 radical (unpaired) electrons. The van der Waals surface area contributed by atoms with Crippen molar-refractivity contribution in [3.8, 4) is 0 Å². The molecule has 0 amide bonds. The first-order chi connectivity index (χ1) is 9.26. The molecule has 0 aliphatic rings. The van der Waals surface area contributed by atoms with E-state index in [1.807, 2.05) is 18.2 Å². The molecular formula is C16H18O2Si. The van der Waals surface area contributed by atoms with E-state index >= 15 is 0 Å². The molecule has 0 aromatic heterocycles. The van der Waals surface area contributed by atoms with Crippen LogP contribution >= 0.6 is 0 Å². The van der Waals surface area contributed by atoms with Gasteiger partial charge in [-0.3, -0.25) is 0 Å². The lowest BCUT2D eigenvalue weighted by molar-refractivity contribution is 0.292. The minimum absolute atomic E-state index is 1.03. The summed E-state index contributed by atoms with van der Waals surface area (Å²) in [7, 11) is 1.68. The van der Waals surface area contributed by atoms with Crippen LogP contribution < -0.4 is 5.19 Å². The van der Waals surface area contributed by atoms with Crippen LogP contribution in [0, 0.1) is 0 Å². The molecule has 0 spiro atoms. The third-order valence-electron chi connectivity index (χ3n) is 3.08. The number of rotatable bonds is 5. The maximum absolute atomic E-state index is 5.36. The standard InChI is InChI=1S/C16H18O2Si/c1-13(14-7-5-4-6-8-14)15-9-11-16(12-10-15)19(17-2)18-3/h4-12,19H,1H2,2-3H3. The second-order valence-electron chi connectivity index (χ2n) is 4.27. The van der Waals surface area contributed by atoms with Crippen LogP contribution in [0.25, 0.3) is 5.57 Å². The Morgan fingerprint density at radius 1 is 0.842 bits per heavy atom. The number of hydrogen-bond donors (Lipinski definition) is 0. The SMILES string of the molecule is C=C(c1ccccc1)c1ccc([SiH](OC)OC)cc1. The molecule has 0 heterocycles. The summed E-state index contributed by atoms with van der Waals surface area (Å²) >= 11 is 0. The van der Waals surface area contributed by atoms with Gasteiger partial charge in [0.2, 0.25) is 0 Å². The first-order valence-electron chi connectivity index (χ1n) is 6.16. The van der Waals surface area contributed by atoms with Gasteiger partial charge in [-0.05, 0) is 21.9 Å². The van der Waals surface area contributed by atoms with E-state index in [4.69, 9.17) is 8.85 Å². The van der Waals surface area contributed by atoms with Gasteiger partial charge in [-0.2, -0.15) is 0 Å². The Morgan fingerprint density at radius 3 is 1.89 bits per heavy atom. The summed E-state index contributed by atoms with van der Waals surface area (Å²) in [5, 5.41) is 1.13. The van der Waals surface area contributed by atoms with Crippen LogP contribution in [0.2, 0.25) is 0 Å². The Morgan fingerprint density at radius 2 is 1.37 bits per heavy atom. The summed E-state index contributed by atoms with van der Waals surface area (Å²) in [6, 6.07) is 18.5. The molecule has 2 nitrogen and oxygen atoms in total. The molecule has 2 aromatic rings. The molecule has 0 saturated heterocycles. The van der Waals surface area contributed by atoms with E-state index in [1.54, 1.807) is 14.2 Å². The van der Waals surface area contributed by atoms with Gasteiger partial charge in [-0.25, -0.2) is 0 Å². The summed E-state index contributed by atoms with van der Waals surface area (Å²) in [5.74, 6) is 0. The molecule has 2 aromatic carbocycles. The van der Waals surface area contributed by atoms with Gasteiger partial charge in [-0.1, -0.05) is 61.2 Å². The van der Waals surface area contributed by atoms with Gasteiger partial charge < -0.3 is 8.85 Å². The zero-order valence-corrected chi connectivity index (χ0v) is 12.5. The first kappa shape index (κ1) is 13.7. The van der Waals surface area contributed by atoms with E-state index in [9.17, 15) is 0 Å². The molecule has 0 bridgehead atoms. The van der Waals surface area contributed by atoms with Crippen molar-refractivity contribution in [3.63, 3.8) is 0 Å². The van der Waals surface area contributed by atoms with E-state index in [0.717, 1.165) is 21.9 Å². The van der Waals surface area contributed by atoms with Crippen LogP contribution in [0.4, 0.5) is 0 Å². The normalized spacial score (nSPS) is 10.7. The molecule has 0 aliphatic heterocycles. The smallest absolute Gasteiger partial charge is 0.355 e. The van der Waals surface area contributed by atoms with Gasteiger partial charge in [0, 0.05) is 14.2 Å². The van der Waals surface area contributed by atoms with Crippen LogP contribution in [0.3, 0.4) is 0 Å². The van der Waals surface area contributed by atoms with Gasteiger partial charge in [0.05, 0.1) is 0 Å². The largest absolute Gasteiger partial charge is 0.397 e. The lowest BCUT2D eigenvalue weighted by Crippen LogP contribution is -2.34. The number of hydrogen-bond acceptors (Lipinski definition) is 2. The second kappa shape index (κ2) is 6.47. The Kier molecular flexibility index (Phi) is 4.68. The van der Waals surface area contributed by atoms with Crippen molar-refractivity contribution in [2.45, 2.75) is 0 Å². The number of benzene rings is 2. The summed E-state index contributed by atoms with van der Waals surface area (Å²) in [6.45, 7) is 4.16. The van der Waals surface area contributed by atoms with Crippen LogP contribution in [0.1, 0.15) is 11.1 Å². The van der Waals surface area contributed by atoms with Crippen molar-refractivity contribution < 1.29 is 8.85 Å². The van der Waals surface area contributed by atoms with Crippen molar-refractivity contribution >= 4 is 20.0 Å². The molecule has 0 aliphatic carbocycles. The molecule has 3 heteroatoms. The molecule has 0 atom stereocenters. The maximum atomic E-state index is 5.36. The highest BCUT2D eigenvalue weighted by atomic mass is 28.3. The molecule has 0 saturated carbocycles. The average molecular weight is 270 g/mol. The topological polar surface area (TPSA) is 18.5 Å².